The van der Waals surface area contributed by atoms with Crippen molar-refractivity contribution in [1.29, 1.82) is 0 Å². The minimum Gasteiger partial charge on any atom is -0.457 e. The first-order chi connectivity index (χ1) is 12.1. The average Bonchev–Trinajstić information content (AvgIpc) is 3.08. The largest absolute Gasteiger partial charge is 0.457 e. The number of nitrogens with zero attached hydrogens (tertiary/aromatic N) is 2. The number of likely N-dealkylation sites (N-methyl/N-ethyl adjacent to an activating group) is 1. The zero-order valence-electron chi connectivity index (χ0n) is 14.4. The van der Waals surface area contributed by atoms with Crippen LogP contribution in [0.4, 0.5) is 0 Å². The molecular formula is C20H20N2O2S. The van der Waals surface area contributed by atoms with Crippen LogP contribution in [0.15, 0.2) is 42.5 Å². The summed E-state index contributed by atoms with van der Waals surface area (Å²) in [6.45, 7) is 5.54. The van der Waals surface area contributed by atoms with Crippen LogP contribution < -0.4 is 0 Å². The van der Waals surface area contributed by atoms with Crippen molar-refractivity contribution in [2.24, 2.45) is 0 Å². The molecule has 4 rings (SSSR count). The minimum absolute atomic E-state index is 0.0383. The number of benzene rings is 2. The van der Waals surface area contributed by atoms with Gasteiger partial charge in [0.2, 0.25) is 0 Å². The molecule has 0 aliphatic carbocycles. The molecule has 0 spiro atoms. The Hall–Kier alpha value is -2.40. The van der Waals surface area contributed by atoms with Gasteiger partial charge in [-0.1, -0.05) is 24.3 Å². The molecule has 3 aromatic rings. The lowest BCUT2D eigenvalue weighted by Gasteiger charge is -2.09. The van der Waals surface area contributed by atoms with Gasteiger partial charge in [-0.05, 0) is 49.8 Å². The molecule has 1 fully saturated rings. The van der Waals surface area contributed by atoms with Crippen molar-refractivity contribution in [3.63, 3.8) is 0 Å². The van der Waals surface area contributed by atoms with Crippen LogP contribution in [-0.2, 0) is 22.5 Å². The Morgan fingerprint density at radius 2 is 1.80 bits per heavy atom. The molecule has 1 aliphatic rings. The maximum Gasteiger partial charge on any atom is 0.271 e. The molecule has 25 heavy (non-hydrogen) atoms. The molecule has 2 aromatic carbocycles. The van der Waals surface area contributed by atoms with E-state index in [0.29, 0.717) is 18.1 Å². The lowest BCUT2D eigenvalue weighted by atomic mass is 10.0. The zero-order chi connectivity index (χ0) is 17.6. The summed E-state index contributed by atoms with van der Waals surface area (Å²) in [6.07, 6.45) is 0.0289. The van der Waals surface area contributed by atoms with Gasteiger partial charge in [0.1, 0.15) is 0 Å². The number of fused-ring (bicyclic) bond motifs is 3. The Kier molecular flexibility index (Phi) is 3.96. The predicted octanol–water partition coefficient (Wildman–Crippen LogP) is 3.89. The number of carbonyl (C=O) groups excluding carboxylic acids is 1. The molecule has 2 heterocycles. The van der Waals surface area contributed by atoms with Gasteiger partial charge < -0.3 is 9.30 Å². The van der Waals surface area contributed by atoms with Crippen LogP contribution in [0.5, 0.6) is 0 Å². The molecule has 5 heteroatoms. The van der Waals surface area contributed by atoms with Gasteiger partial charge in [0.05, 0.1) is 0 Å². The van der Waals surface area contributed by atoms with Crippen molar-refractivity contribution in [2.75, 3.05) is 6.54 Å². The molecule has 1 aliphatic heterocycles. The van der Waals surface area contributed by atoms with Gasteiger partial charge in [0.25, 0.3) is 11.1 Å². The van der Waals surface area contributed by atoms with Crippen LogP contribution >= 0.6 is 12.2 Å². The first-order valence-electron chi connectivity index (χ1n) is 8.66. The van der Waals surface area contributed by atoms with Gasteiger partial charge in [0.15, 0.2) is 6.10 Å². The van der Waals surface area contributed by atoms with E-state index in [-0.39, 0.29) is 5.91 Å². The zero-order valence-corrected chi connectivity index (χ0v) is 15.2. The standard InChI is InChI=1S/C20H20N2O2S/c1-3-21-16-8-6-5-7-14(16)15-11-13(9-10-17(15)21)12-18-19(23)22(4-2)20(25)24-18/h5-11,18H,3-4,12H2,1-2H3. The lowest BCUT2D eigenvalue weighted by molar-refractivity contribution is -0.129. The Balaban J connectivity index is 1.74. The molecule has 0 N–H and O–H groups in total. The van der Waals surface area contributed by atoms with E-state index in [1.807, 2.05) is 6.92 Å². The van der Waals surface area contributed by atoms with Gasteiger partial charge in [-0.25, -0.2) is 0 Å². The molecule has 0 radical (unpaired) electrons. The number of aromatic nitrogens is 1. The normalized spacial score (nSPS) is 17.7. The van der Waals surface area contributed by atoms with Gasteiger partial charge in [-0.3, -0.25) is 9.69 Å². The second-order valence-corrected chi connectivity index (χ2v) is 6.62. The van der Waals surface area contributed by atoms with Crippen molar-refractivity contribution in [1.82, 2.24) is 9.47 Å². The molecule has 0 bridgehead atoms. The highest BCUT2D eigenvalue weighted by atomic mass is 32.1. The van der Waals surface area contributed by atoms with E-state index >= 15 is 0 Å². The third-order valence-electron chi connectivity index (χ3n) is 4.90. The first kappa shape index (κ1) is 16.1. The maximum absolute atomic E-state index is 12.4. The van der Waals surface area contributed by atoms with Gasteiger partial charge in [-0.2, -0.15) is 0 Å². The Bertz CT molecular complexity index is 992. The summed E-state index contributed by atoms with van der Waals surface area (Å²) in [7, 11) is 0. The fourth-order valence-electron chi connectivity index (χ4n) is 3.70. The van der Waals surface area contributed by atoms with Crippen LogP contribution in [0.2, 0.25) is 0 Å². The summed E-state index contributed by atoms with van der Waals surface area (Å²) < 4.78 is 7.93. The summed E-state index contributed by atoms with van der Waals surface area (Å²) in [6, 6.07) is 14.8. The number of thiocarbonyl (C=S) groups is 1. The highest BCUT2D eigenvalue weighted by Gasteiger charge is 2.36. The van der Waals surface area contributed by atoms with Gasteiger partial charge >= 0.3 is 0 Å². The smallest absolute Gasteiger partial charge is 0.271 e. The Labute approximate surface area is 152 Å². The predicted molar refractivity (Wildman–Crippen MR) is 104 cm³/mol. The number of aryl methyl sites for hydroxylation is 1. The monoisotopic (exact) mass is 352 g/mol. The van der Waals surface area contributed by atoms with E-state index in [9.17, 15) is 4.79 Å². The summed E-state index contributed by atoms with van der Waals surface area (Å²) in [5.74, 6) is -0.0383. The van der Waals surface area contributed by atoms with E-state index in [1.165, 1.54) is 26.7 Å². The SMILES string of the molecule is CCN1C(=O)C(Cc2ccc3c(c2)c2ccccc2n3CC)OC1=S. The molecule has 1 aromatic heterocycles. The van der Waals surface area contributed by atoms with E-state index in [0.717, 1.165) is 12.1 Å². The lowest BCUT2D eigenvalue weighted by Crippen LogP contribution is -2.31. The fourth-order valence-corrected chi connectivity index (χ4v) is 4.03. The van der Waals surface area contributed by atoms with E-state index in [2.05, 4.69) is 54.0 Å². The van der Waals surface area contributed by atoms with Crippen molar-refractivity contribution in [3.8, 4) is 0 Å². The summed E-state index contributed by atoms with van der Waals surface area (Å²) >= 11 is 5.15. The van der Waals surface area contributed by atoms with E-state index < -0.39 is 6.10 Å². The number of carbonyl (C=O) groups is 1. The molecular weight excluding hydrogens is 332 g/mol. The Morgan fingerprint density at radius 3 is 2.52 bits per heavy atom. The molecule has 1 saturated heterocycles. The highest BCUT2D eigenvalue weighted by Crippen LogP contribution is 2.30. The topological polar surface area (TPSA) is 34.5 Å². The molecule has 1 unspecified atom stereocenters. The third-order valence-corrected chi connectivity index (χ3v) is 5.21. The highest BCUT2D eigenvalue weighted by molar-refractivity contribution is 7.80. The minimum atomic E-state index is -0.510. The summed E-state index contributed by atoms with van der Waals surface area (Å²) in [5.41, 5.74) is 3.55. The van der Waals surface area contributed by atoms with Crippen LogP contribution in [0.3, 0.4) is 0 Å². The van der Waals surface area contributed by atoms with Crippen molar-refractivity contribution in [2.45, 2.75) is 32.9 Å². The summed E-state index contributed by atoms with van der Waals surface area (Å²) in [5, 5.41) is 2.75. The van der Waals surface area contributed by atoms with Crippen molar-refractivity contribution < 1.29 is 9.53 Å². The number of ether oxygens (including phenoxy) is 1. The Morgan fingerprint density at radius 1 is 1.04 bits per heavy atom. The van der Waals surface area contributed by atoms with Crippen LogP contribution in [0, 0.1) is 0 Å². The second-order valence-electron chi connectivity index (χ2n) is 6.27. The second kappa shape index (κ2) is 6.15. The van der Waals surface area contributed by atoms with Crippen molar-refractivity contribution >= 4 is 45.1 Å². The number of amides is 1. The molecule has 0 saturated carbocycles. The number of rotatable bonds is 4. The van der Waals surface area contributed by atoms with Crippen LogP contribution in [0.25, 0.3) is 21.8 Å². The van der Waals surface area contributed by atoms with Crippen molar-refractivity contribution in [3.05, 3.63) is 48.0 Å². The molecule has 1 amide bonds. The maximum atomic E-state index is 12.4. The number of hydrogen-bond acceptors (Lipinski definition) is 3. The van der Waals surface area contributed by atoms with E-state index in [1.54, 1.807) is 0 Å². The van der Waals surface area contributed by atoms with Crippen LogP contribution in [0.1, 0.15) is 19.4 Å². The first-order valence-corrected chi connectivity index (χ1v) is 9.06. The van der Waals surface area contributed by atoms with Gasteiger partial charge in [-0.15, -0.1) is 0 Å². The summed E-state index contributed by atoms with van der Waals surface area (Å²) in [4.78, 5) is 13.9. The quantitative estimate of drug-likeness (QED) is 0.668. The van der Waals surface area contributed by atoms with E-state index in [4.69, 9.17) is 17.0 Å². The molecule has 1 atom stereocenters. The molecule has 4 nitrogen and oxygen atoms in total. The molecule has 128 valence electrons. The number of hydrogen-bond donors (Lipinski definition) is 0. The average molecular weight is 352 g/mol. The number of para-hydroxylation sites is 1. The fraction of sp³-hybridized carbons (Fsp3) is 0.300. The third kappa shape index (κ3) is 2.50. The van der Waals surface area contributed by atoms with Crippen LogP contribution in [-0.4, -0.2) is 33.2 Å². The van der Waals surface area contributed by atoms with Gasteiger partial charge in [0, 0.05) is 41.3 Å².